The third-order valence-electron chi connectivity index (χ3n) is 3.86. The van der Waals surface area contributed by atoms with Crippen molar-refractivity contribution in [2.45, 2.75) is 19.5 Å². The highest BCUT2D eigenvalue weighted by atomic mass is 16.2. The maximum absolute atomic E-state index is 12.4. The van der Waals surface area contributed by atoms with Crippen LogP contribution in [-0.4, -0.2) is 25.2 Å². The zero-order chi connectivity index (χ0) is 16.2. The van der Waals surface area contributed by atoms with Crippen LogP contribution in [0.5, 0.6) is 0 Å². The molecule has 0 spiro atoms. The molecule has 3 rings (SSSR count). The molecule has 0 saturated carbocycles. The summed E-state index contributed by atoms with van der Waals surface area (Å²) in [4.78, 5) is 16.8. The number of rotatable bonds is 5. The van der Waals surface area contributed by atoms with Crippen molar-refractivity contribution in [1.82, 2.24) is 24.6 Å². The Labute approximate surface area is 134 Å². The number of carbonyl (C=O) groups is 1. The minimum Gasteiger partial charge on any atom is -0.349 e. The van der Waals surface area contributed by atoms with Crippen molar-refractivity contribution in [3.05, 3.63) is 60.7 Å². The van der Waals surface area contributed by atoms with Crippen LogP contribution in [0.15, 0.2) is 55.0 Å². The Morgan fingerprint density at radius 2 is 2.00 bits per heavy atom. The monoisotopic (exact) mass is 309 g/mol. The van der Waals surface area contributed by atoms with Crippen molar-refractivity contribution in [3.8, 4) is 11.4 Å². The summed E-state index contributed by atoms with van der Waals surface area (Å²) in [5.41, 5.74) is 1.95. The molecule has 118 valence electrons. The van der Waals surface area contributed by atoms with Gasteiger partial charge in [0.2, 0.25) is 5.91 Å². The number of aromatic nitrogens is 4. The molecule has 0 fully saturated rings. The van der Waals surface area contributed by atoms with Gasteiger partial charge in [0.1, 0.15) is 11.9 Å². The first kappa shape index (κ1) is 15.0. The van der Waals surface area contributed by atoms with Crippen LogP contribution in [0.25, 0.3) is 11.4 Å². The van der Waals surface area contributed by atoms with Crippen molar-refractivity contribution in [3.63, 3.8) is 0 Å². The molecule has 0 radical (unpaired) electrons. The van der Waals surface area contributed by atoms with Crippen molar-refractivity contribution >= 4 is 5.91 Å². The fraction of sp³-hybridized carbons (Fsp3) is 0.235. The standard InChI is InChI=1S/C17H19N5O/c1-13(17(23)19-12-15-8-9-20-21(15)2)22-11-10-18-16(22)14-6-4-3-5-7-14/h3-11,13H,12H2,1-2H3,(H,19,23)/t13-/m1/s1. The minimum absolute atomic E-state index is 0.0543. The molecule has 1 amide bonds. The number of hydrogen-bond acceptors (Lipinski definition) is 3. The fourth-order valence-electron chi connectivity index (χ4n) is 2.46. The summed E-state index contributed by atoms with van der Waals surface area (Å²) in [6.07, 6.45) is 5.26. The van der Waals surface area contributed by atoms with Crippen LogP contribution >= 0.6 is 0 Å². The molecule has 0 aliphatic heterocycles. The molecular formula is C17H19N5O. The van der Waals surface area contributed by atoms with Gasteiger partial charge in [-0.1, -0.05) is 30.3 Å². The third-order valence-corrected chi connectivity index (χ3v) is 3.86. The average Bonchev–Trinajstić information content (AvgIpc) is 3.21. The highest BCUT2D eigenvalue weighted by Gasteiger charge is 2.18. The van der Waals surface area contributed by atoms with E-state index in [1.165, 1.54) is 0 Å². The minimum atomic E-state index is -0.346. The lowest BCUT2D eigenvalue weighted by Gasteiger charge is -2.16. The molecule has 23 heavy (non-hydrogen) atoms. The van der Waals surface area contributed by atoms with E-state index in [0.29, 0.717) is 6.54 Å². The summed E-state index contributed by atoms with van der Waals surface area (Å²) in [5, 5.41) is 7.04. The zero-order valence-corrected chi connectivity index (χ0v) is 13.2. The van der Waals surface area contributed by atoms with E-state index in [1.54, 1.807) is 17.1 Å². The van der Waals surface area contributed by atoms with Gasteiger partial charge in [0, 0.05) is 31.2 Å². The average molecular weight is 309 g/mol. The summed E-state index contributed by atoms with van der Waals surface area (Å²) in [6.45, 7) is 2.32. The Hall–Kier alpha value is -2.89. The Balaban J connectivity index is 1.73. The largest absolute Gasteiger partial charge is 0.349 e. The smallest absolute Gasteiger partial charge is 0.243 e. The second kappa shape index (κ2) is 6.48. The lowest BCUT2D eigenvalue weighted by molar-refractivity contribution is -0.124. The number of benzene rings is 1. The van der Waals surface area contributed by atoms with E-state index in [4.69, 9.17) is 0 Å². The molecule has 0 aliphatic rings. The molecule has 0 unspecified atom stereocenters. The first-order valence-electron chi connectivity index (χ1n) is 7.49. The summed E-state index contributed by atoms with van der Waals surface area (Å²) in [6, 6.07) is 11.4. The van der Waals surface area contributed by atoms with Gasteiger partial charge in [-0.3, -0.25) is 9.48 Å². The van der Waals surface area contributed by atoms with Crippen molar-refractivity contribution in [1.29, 1.82) is 0 Å². The van der Waals surface area contributed by atoms with Gasteiger partial charge in [0.05, 0.1) is 12.2 Å². The lowest BCUT2D eigenvalue weighted by atomic mass is 10.2. The predicted octanol–water partition coefficient (Wildman–Crippen LogP) is 2.16. The molecule has 2 aromatic heterocycles. The number of imidazole rings is 1. The fourth-order valence-corrected chi connectivity index (χ4v) is 2.46. The van der Waals surface area contributed by atoms with Gasteiger partial charge in [0.15, 0.2) is 0 Å². The molecule has 6 heteroatoms. The van der Waals surface area contributed by atoms with E-state index in [9.17, 15) is 4.79 Å². The zero-order valence-electron chi connectivity index (χ0n) is 13.2. The molecule has 2 heterocycles. The summed E-state index contributed by atoms with van der Waals surface area (Å²) in [7, 11) is 1.86. The van der Waals surface area contributed by atoms with E-state index < -0.39 is 0 Å². The molecular weight excluding hydrogens is 290 g/mol. The van der Waals surface area contributed by atoms with Crippen LogP contribution in [0.3, 0.4) is 0 Å². The van der Waals surface area contributed by atoms with Gasteiger partial charge < -0.3 is 9.88 Å². The van der Waals surface area contributed by atoms with Crippen LogP contribution < -0.4 is 5.32 Å². The number of aryl methyl sites for hydroxylation is 1. The van der Waals surface area contributed by atoms with Gasteiger partial charge in [-0.2, -0.15) is 5.10 Å². The second-order valence-electron chi connectivity index (χ2n) is 5.36. The summed E-state index contributed by atoms with van der Waals surface area (Å²) in [5.74, 6) is 0.732. The predicted molar refractivity (Wildman–Crippen MR) is 87.4 cm³/mol. The van der Waals surface area contributed by atoms with Crippen LogP contribution in [-0.2, 0) is 18.4 Å². The highest BCUT2D eigenvalue weighted by Crippen LogP contribution is 2.20. The van der Waals surface area contributed by atoms with Crippen LogP contribution in [0.4, 0.5) is 0 Å². The first-order chi connectivity index (χ1) is 11.2. The van der Waals surface area contributed by atoms with Gasteiger partial charge in [-0.15, -0.1) is 0 Å². The molecule has 1 atom stereocenters. The first-order valence-corrected chi connectivity index (χ1v) is 7.49. The van der Waals surface area contributed by atoms with Gasteiger partial charge >= 0.3 is 0 Å². The van der Waals surface area contributed by atoms with Crippen molar-refractivity contribution < 1.29 is 4.79 Å². The normalized spacial score (nSPS) is 12.1. The lowest BCUT2D eigenvalue weighted by Crippen LogP contribution is -2.31. The number of carbonyl (C=O) groups excluding carboxylic acids is 1. The second-order valence-corrected chi connectivity index (χ2v) is 5.36. The number of amides is 1. The Morgan fingerprint density at radius 1 is 1.22 bits per heavy atom. The van der Waals surface area contributed by atoms with E-state index in [1.807, 2.05) is 61.1 Å². The van der Waals surface area contributed by atoms with Crippen LogP contribution in [0.1, 0.15) is 18.7 Å². The molecule has 0 aliphatic carbocycles. The maximum Gasteiger partial charge on any atom is 0.243 e. The molecule has 6 nitrogen and oxygen atoms in total. The van der Waals surface area contributed by atoms with Crippen LogP contribution in [0.2, 0.25) is 0 Å². The van der Waals surface area contributed by atoms with E-state index in [-0.39, 0.29) is 11.9 Å². The maximum atomic E-state index is 12.4. The quantitative estimate of drug-likeness (QED) is 0.785. The topological polar surface area (TPSA) is 64.7 Å². The van der Waals surface area contributed by atoms with Crippen LogP contribution in [0, 0.1) is 0 Å². The van der Waals surface area contributed by atoms with E-state index >= 15 is 0 Å². The molecule has 0 bridgehead atoms. The van der Waals surface area contributed by atoms with E-state index in [2.05, 4.69) is 15.4 Å². The Morgan fingerprint density at radius 3 is 2.70 bits per heavy atom. The number of hydrogen-bond donors (Lipinski definition) is 1. The Kier molecular flexibility index (Phi) is 4.23. The SMILES string of the molecule is C[C@H](C(=O)NCc1ccnn1C)n1ccnc1-c1ccccc1. The number of nitrogens with one attached hydrogen (secondary N) is 1. The molecule has 0 saturated heterocycles. The van der Waals surface area contributed by atoms with Crippen molar-refractivity contribution in [2.75, 3.05) is 0 Å². The molecule has 1 aromatic carbocycles. The molecule has 1 N–H and O–H groups in total. The number of nitrogens with zero attached hydrogens (tertiary/aromatic N) is 4. The van der Waals surface area contributed by atoms with Gasteiger partial charge in [-0.05, 0) is 13.0 Å². The van der Waals surface area contributed by atoms with Crippen molar-refractivity contribution in [2.24, 2.45) is 7.05 Å². The van der Waals surface area contributed by atoms with Gasteiger partial charge in [0.25, 0.3) is 0 Å². The summed E-state index contributed by atoms with van der Waals surface area (Å²) < 4.78 is 3.63. The third kappa shape index (κ3) is 3.15. The highest BCUT2D eigenvalue weighted by molar-refractivity contribution is 5.80. The molecule has 3 aromatic rings. The van der Waals surface area contributed by atoms with E-state index in [0.717, 1.165) is 17.1 Å². The summed E-state index contributed by atoms with van der Waals surface area (Å²) >= 11 is 0. The Bertz CT molecular complexity index is 790. The van der Waals surface area contributed by atoms with Gasteiger partial charge in [-0.25, -0.2) is 4.98 Å².